The van der Waals surface area contributed by atoms with Gasteiger partial charge in [0.05, 0.1) is 6.07 Å². The van der Waals surface area contributed by atoms with E-state index in [0.29, 0.717) is 5.41 Å². The van der Waals surface area contributed by atoms with Gasteiger partial charge in [0.2, 0.25) is 0 Å². The second kappa shape index (κ2) is 3.57. The van der Waals surface area contributed by atoms with Crippen molar-refractivity contribution in [3.63, 3.8) is 0 Å². The summed E-state index contributed by atoms with van der Waals surface area (Å²) in [7, 11) is 0. The fraction of sp³-hybridized carbons (Fsp3) is 0.462. The fourth-order valence-electron chi connectivity index (χ4n) is 2.38. The van der Waals surface area contributed by atoms with Gasteiger partial charge in [-0.1, -0.05) is 32.0 Å². The molecule has 0 bridgehead atoms. The highest BCUT2D eigenvalue weighted by molar-refractivity contribution is 8.01. The molecular weight excluding hydrogens is 202 g/mol. The molecule has 1 aliphatic carbocycles. The highest BCUT2D eigenvalue weighted by atomic mass is 32.2. The Morgan fingerprint density at radius 3 is 2.27 bits per heavy atom. The van der Waals surface area contributed by atoms with Crippen molar-refractivity contribution in [1.82, 2.24) is 0 Å². The smallest absolute Gasteiger partial charge is 0.108 e. The molecule has 1 saturated carbocycles. The first-order valence-electron chi connectivity index (χ1n) is 5.21. The molecule has 0 N–H and O–H groups in total. The minimum absolute atomic E-state index is 0.176. The van der Waals surface area contributed by atoms with Gasteiger partial charge in [-0.05, 0) is 30.4 Å². The van der Waals surface area contributed by atoms with E-state index in [1.165, 1.54) is 4.90 Å². The fourth-order valence-corrected chi connectivity index (χ4v) is 4.10. The maximum atomic E-state index is 9.26. The first-order chi connectivity index (χ1) is 7.05. The van der Waals surface area contributed by atoms with E-state index in [-0.39, 0.29) is 4.75 Å². The standard InChI is InChI=1S/C13H15NS/c1-12(2)8-13(9-12,10-14)15-11-6-4-3-5-7-11/h3-7H,8-9H2,1-2H3. The van der Waals surface area contributed by atoms with E-state index in [0.717, 1.165) is 12.8 Å². The summed E-state index contributed by atoms with van der Waals surface area (Å²) in [5.74, 6) is 0. The van der Waals surface area contributed by atoms with Crippen molar-refractivity contribution in [2.75, 3.05) is 0 Å². The third-order valence-corrected chi connectivity index (χ3v) is 4.07. The van der Waals surface area contributed by atoms with Gasteiger partial charge in [0.1, 0.15) is 4.75 Å². The van der Waals surface area contributed by atoms with Crippen LogP contribution in [0.3, 0.4) is 0 Å². The molecule has 0 heterocycles. The van der Waals surface area contributed by atoms with Crippen molar-refractivity contribution in [1.29, 1.82) is 5.26 Å². The van der Waals surface area contributed by atoms with Crippen molar-refractivity contribution in [2.24, 2.45) is 5.41 Å². The SMILES string of the molecule is CC1(C)CC(C#N)(Sc2ccccc2)C1. The van der Waals surface area contributed by atoms with Gasteiger partial charge in [0.15, 0.2) is 0 Å². The van der Waals surface area contributed by atoms with Crippen LogP contribution in [0.1, 0.15) is 26.7 Å². The Bertz CT molecular complexity index is 381. The van der Waals surface area contributed by atoms with Gasteiger partial charge in [0.25, 0.3) is 0 Å². The van der Waals surface area contributed by atoms with Gasteiger partial charge in [-0.15, -0.1) is 11.8 Å². The molecule has 1 nitrogen and oxygen atoms in total. The molecule has 0 atom stereocenters. The molecule has 0 spiro atoms. The summed E-state index contributed by atoms with van der Waals surface area (Å²) in [4.78, 5) is 1.20. The third kappa shape index (κ3) is 2.18. The van der Waals surface area contributed by atoms with Gasteiger partial charge in [-0.25, -0.2) is 0 Å². The summed E-state index contributed by atoms with van der Waals surface area (Å²) in [6, 6.07) is 12.7. The molecular formula is C13H15NS. The molecule has 1 fully saturated rings. The van der Waals surface area contributed by atoms with Gasteiger partial charge in [-0.3, -0.25) is 0 Å². The monoisotopic (exact) mass is 217 g/mol. The molecule has 1 aromatic carbocycles. The Balaban J connectivity index is 2.10. The minimum Gasteiger partial charge on any atom is -0.197 e. The Kier molecular flexibility index (Phi) is 2.52. The zero-order valence-electron chi connectivity index (χ0n) is 9.16. The highest BCUT2D eigenvalue weighted by Gasteiger charge is 2.50. The number of hydrogen-bond donors (Lipinski definition) is 0. The molecule has 1 aliphatic rings. The van der Waals surface area contributed by atoms with Crippen LogP contribution in [0.15, 0.2) is 35.2 Å². The van der Waals surface area contributed by atoms with Crippen LogP contribution in [-0.2, 0) is 0 Å². The number of benzene rings is 1. The van der Waals surface area contributed by atoms with Crippen molar-refractivity contribution < 1.29 is 0 Å². The molecule has 15 heavy (non-hydrogen) atoms. The maximum Gasteiger partial charge on any atom is 0.108 e. The van der Waals surface area contributed by atoms with E-state index in [9.17, 15) is 5.26 Å². The zero-order chi connectivity index (χ0) is 10.9. The largest absolute Gasteiger partial charge is 0.197 e. The molecule has 0 radical (unpaired) electrons. The molecule has 0 saturated heterocycles. The second-order valence-corrected chi connectivity index (χ2v) is 6.50. The van der Waals surface area contributed by atoms with E-state index in [1.807, 2.05) is 18.2 Å². The van der Waals surface area contributed by atoms with Crippen molar-refractivity contribution in [2.45, 2.75) is 36.3 Å². The molecule has 2 heteroatoms. The summed E-state index contributed by atoms with van der Waals surface area (Å²) in [5, 5.41) is 9.26. The highest BCUT2D eigenvalue weighted by Crippen LogP contribution is 2.56. The van der Waals surface area contributed by atoms with Crippen LogP contribution in [0.5, 0.6) is 0 Å². The van der Waals surface area contributed by atoms with Crippen LogP contribution < -0.4 is 0 Å². The van der Waals surface area contributed by atoms with Gasteiger partial charge in [0, 0.05) is 4.90 Å². The van der Waals surface area contributed by atoms with Crippen LogP contribution in [0.4, 0.5) is 0 Å². The zero-order valence-corrected chi connectivity index (χ0v) is 9.97. The molecule has 0 aromatic heterocycles. The van der Waals surface area contributed by atoms with E-state index < -0.39 is 0 Å². The Morgan fingerprint density at radius 2 is 1.80 bits per heavy atom. The van der Waals surface area contributed by atoms with Gasteiger partial charge < -0.3 is 0 Å². The number of nitrogens with zero attached hydrogens (tertiary/aromatic N) is 1. The molecule has 2 rings (SSSR count). The van der Waals surface area contributed by atoms with Gasteiger partial charge in [-0.2, -0.15) is 5.26 Å². The van der Waals surface area contributed by atoms with Crippen molar-refractivity contribution in [3.05, 3.63) is 30.3 Å². The number of hydrogen-bond acceptors (Lipinski definition) is 2. The minimum atomic E-state index is -0.176. The predicted octanol–water partition coefficient (Wildman–Crippen LogP) is 3.86. The maximum absolute atomic E-state index is 9.26. The topological polar surface area (TPSA) is 23.8 Å². The summed E-state index contributed by atoms with van der Waals surface area (Å²) in [6.07, 6.45) is 1.99. The summed E-state index contributed by atoms with van der Waals surface area (Å²) >= 11 is 1.72. The lowest BCUT2D eigenvalue weighted by atomic mass is 9.64. The van der Waals surface area contributed by atoms with Crippen molar-refractivity contribution in [3.8, 4) is 6.07 Å². The Labute approximate surface area is 95.5 Å². The second-order valence-electron chi connectivity index (χ2n) is 5.04. The molecule has 1 aromatic rings. The first-order valence-corrected chi connectivity index (χ1v) is 6.02. The first kappa shape index (κ1) is 10.6. The summed E-state index contributed by atoms with van der Waals surface area (Å²) in [6.45, 7) is 4.46. The van der Waals surface area contributed by atoms with Crippen LogP contribution in [0.2, 0.25) is 0 Å². The lowest BCUT2D eigenvalue weighted by Crippen LogP contribution is -2.45. The summed E-state index contributed by atoms with van der Waals surface area (Å²) in [5.41, 5.74) is 0.345. The lowest BCUT2D eigenvalue weighted by molar-refractivity contribution is 0.162. The van der Waals surface area contributed by atoms with Crippen molar-refractivity contribution >= 4 is 11.8 Å². The van der Waals surface area contributed by atoms with Crippen LogP contribution in [0.25, 0.3) is 0 Å². The van der Waals surface area contributed by atoms with Crippen LogP contribution >= 0.6 is 11.8 Å². The predicted molar refractivity (Wildman–Crippen MR) is 63.7 cm³/mol. The van der Waals surface area contributed by atoms with E-state index in [4.69, 9.17) is 0 Å². The van der Waals surface area contributed by atoms with Gasteiger partial charge >= 0.3 is 0 Å². The molecule has 0 aliphatic heterocycles. The molecule has 78 valence electrons. The van der Waals surface area contributed by atoms with E-state index in [1.54, 1.807) is 11.8 Å². The molecule has 0 unspecified atom stereocenters. The Hall–Kier alpha value is -0.940. The third-order valence-electron chi connectivity index (χ3n) is 2.79. The Morgan fingerprint density at radius 1 is 1.20 bits per heavy atom. The van der Waals surface area contributed by atoms with Crippen LogP contribution in [-0.4, -0.2) is 4.75 Å². The quantitative estimate of drug-likeness (QED) is 0.751. The average molecular weight is 217 g/mol. The number of nitriles is 1. The molecule has 0 amide bonds. The average Bonchev–Trinajstić information content (AvgIpc) is 2.16. The van der Waals surface area contributed by atoms with E-state index >= 15 is 0 Å². The normalized spacial score (nSPS) is 21.4. The lowest BCUT2D eigenvalue weighted by Gasteiger charge is -2.48. The number of rotatable bonds is 2. The van der Waals surface area contributed by atoms with E-state index in [2.05, 4.69) is 32.0 Å². The van der Waals surface area contributed by atoms with Crippen LogP contribution in [0, 0.1) is 16.7 Å². The number of thioether (sulfide) groups is 1. The summed E-state index contributed by atoms with van der Waals surface area (Å²) < 4.78 is -0.176.